The molecule has 0 fully saturated rings. The standard InChI is InChI=1S/C12H25O4P/c13-11-9-7-5-3-1-2-4-6-8-10-12-16-17(14)15/h13H,1-12H2/p+1. The van der Waals surface area contributed by atoms with E-state index in [4.69, 9.17) is 10.00 Å². The molecule has 1 unspecified atom stereocenters. The van der Waals surface area contributed by atoms with Crippen molar-refractivity contribution in [2.24, 2.45) is 0 Å². The minimum atomic E-state index is -2.41. The van der Waals surface area contributed by atoms with Gasteiger partial charge < -0.3 is 5.11 Å². The summed E-state index contributed by atoms with van der Waals surface area (Å²) in [5, 5.41) is 8.60. The van der Waals surface area contributed by atoms with E-state index in [1.54, 1.807) is 0 Å². The van der Waals surface area contributed by atoms with E-state index in [-0.39, 0.29) is 0 Å². The molecule has 0 rings (SSSR count). The highest BCUT2D eigenvalue weighted by Gasteiger charge is 2.09. The Balaban J connectivity index is 2.91. The Kier molecular flexibility index (Phi) is 14.0. The zero-order valence-electron chi connectivity index (χ0n) is 10.6. The van der Waals surface area contributed by atoms with Gasteiger partial charge in [-0.3, -0.25) is 0 Å². The van der Waals surface area contributed by atoms with Crippen LogP contribution in [0.4, 0.5) is 0 Å². The Hall–Kier alpha value is -0.0200. The number of aliphatic hydroxyl groups excluding tert-OH is 1. The van der Waals surface area contributed by atoms with Gasteiger partial charge in [0.1, 0.15) is 6.61 Å². The Bertz CT molecular complexity index is 176. The van der Waals surface area contributed by atoms with E-state index in [2.05, 4.69) is 4.52 Å². The predicted octanol–water partition coefficient (Wildman–Crippen LogP) is 3.55. The molecule has 0 heterocycles. The second kappa shape index (κ2) is 14.0. The van der Waals surface area contributed by atoms with Gasteiger partial charge in [-0.05, 0) is 12.8 Å². The second-order valence-electron chi connectivity index (χ2n) is 4.33. The van der Waals surface area contributed by atoms with Gasteiger partial charge >= 0.3 is 8.25 Å². The van der Waals surface area contributed by atoms with Crippen LogP contribution >= 0.6 is 8.25 Å². The summed E-state index contributed by atoms with van der Waals surface area (Å²) in [6, 6.07) is 0. The van der Waals surface area contributed by atoms with E-state index in [0.29, 0.717) is 13.2 Å². The molecule has 102 valence electrons. The fourth-order valence-electron chi connectivity index (χ4n) is 1.77. The molecule has 0 saturated carbocycles. The number of hydrogen-bond acceptors (Lipinski definition) is 3. The summed E-state index contributed by atoms with van der Waals surface area (Å²) < 4.78 is 14.8. The highest BCUT2D eigenvalue weighted by atomic mass is 31.1. The molecular weight excluding hydrogens is 239 g/mol. The van der Waals surface area contributed by atoms with Gasteiger partial charge in [0.2, 0.25) is 0 Å². The average Bonchev–Trinajstić information content (AvgIpc) is 2.30. The number of rotatable bonds is 13. The molecule has 0 aromatic heterocycles. The molecule has 0 radical (unpaired) electrons. The van der Waals surface area contributed by atoms with E-state index < -0.39 is 8.25 Å². The van der Waals surface area contributed by atoms with Crippen LogP contribution in [0.2, 0.25) is 0 Å². The lowest BCUT2D eigenvalue weighted by Gasteiger charge is -2.01. The average molecular weight is 265 g/mol. The third-order valence-corrected chi connectivity index (χ3v) is 3.16. The first-order valence-corrected chi connectivity index (χ1v) is 7.80. The maximum atomic E-state index is 10.2. The van der Waals surface area contributed by atoms with E-state index in [9.17, 15) is 4.57 Å². The molecule has 5 heteroatoms. The van der Waals surface area contributed by atoms with Crippen LogP contribution in [0.25, 0.3) is 0 Å². The van der Waals surface area contributed by atoms with Crippen molar-refractivity contribution in [1.29, 1.82) is 0 Å². The topological polar surface area (TPSA) is 66.8 Å². The fraction of sp³-hybridized carbons (Fsp3) is 1.00. The molecular formula is C12H26O4P+. The van der Waals surface area contributed by atoms with Crippen molar-refractivity contribution in [2.75, 3.05) is 13.2 Å². The van der Waals surface area contributed by atoms with Crippen molar-refractivity contribution in [2.45, 2.75) is 64.2 Å². The van der Waals surface area contributed by atoms with Crippen molar-refractivity contribution in [3.8, 4) is 0 Å². The minimum Gasteiger partial charge on any atom is -0.396 e. The zero-order chi connectivity index (χ0) is 12.8. The zero-order valence-corrected chi connectivity index (χ0v) is 11.5. The number of unbranched alkanes of at least 4 members (excludes halogenated alkanes) is 9. The first-order chi connectivity index (χ1) is 8.27. The highest BCUT2D eigenvalue weighted by Crippen LogP contribution is 2.16. The van der Waals surface area contributed by atoms with Crippen molar-refractivity contribution >= 4 is 8.25 Å². The normalized spacial score (nSPS) is 11.8. The molecule has 0 saturated heterocycles. The second-order valence-corrected chi connectivity index (χ2v) is 5.06. The summed E-state index contributed by atoms with van der Waals surface area (Å²) in [6.07, 6.45) is 11.5. The van der Waals surface area contributed by atoms with Crippen molar-refractivity contribution in [3.05, 3.63) is 0 Å². The van der Waals surface area contributed by atoms with Gasteiger partial charge in [-0.25, -0.2) is 0 Å². The van der Waals surface area contributed by atoms with Gasteiger partial charge in [0.05, 0.1) is 0 Å². The smallest absolute Gasteiger partial charge is 0.396 e. The van der Waals surface area contributed by atoms with Gasteiger partial charge in [-0.1, -0.05) is 51.4 Å². The maximum absolute atomic E-state index is 10.2. The SMILES string of the molecule is O=[P+](O)OCCCCCCCCCCCCO. The quantitative estimate of drug-likeness (QED) is 0.395. The first kappa shape index (κ1) is 17.0. The van der Waals surface area contributed by atoms with Crippen LogP contribution < -0.4 is 0 Å². The number of aliphatic hydroxyl groups is 1. The highest BCUT2D eigenvalue weighted by molar-refractivity contribution is 7.32. The molecule has 0 aliphatic rings. The lowest BCUT2D eigenvalue weighted by Crippen LogP contribution is -1.87. The molecule has 0 spiro atoms. The van der Waals surface area contributed by atoms with Crippen LogP contribution in [-0.4, -0.2) is 23.2 Å². The summed E-state index contributed by atoms with van der Waals surface area (Å²) in [7, 11) is -2.41. The van der Waals surface area contributed by atoms with Crippen LogP contribution in [0.1, 0.15) is 64.2 Å². The molecule has 0 aliphatic carbocycles. The van der Waals surface area contributed by atoms with Gasteiger partial charge in [-0.15, -0.1) is 9.42 Å². The van der Waals surface area contributed by atoms with Gasteiger partial charge in [-0.2, -0.15) is 0 Å². The Morgan fingerprint density at radius 1 is 0.765 bits per heavy atom. The monoisotopic (exact) mass is 265 g/mol. The summed E-state index contributed by atoms with van der Waals surface area (Å²) >= 11 is 0. The van der Waals surface area contributed by atoms with Gasteiger partial charge in [0.15, 0.2) is 0 Å². The minimum absolute atomic E-state index is 0.321. The van der Waals surface area contributed by atoms with Gasteiger partial charge in [0, 0.05) is 11.2 Å². The molecule has 4 nitrogen and oxygen atoms in total. The van der Waals surface area contributed by atoms with Crippen LogP contribution in [0.3, 0.4) is 0 Å². The molecule has 17 heavy (non-hydrogen) atoms. The summed E-state index contributed by atoms with van der Waals surface area (Å²) in [5.41, 5.74) is 0. The Labute approximate surface area is 105 Å². The first-order valence-electron chi connectivity index (χ1n) is 6.67. The lowest BCUT2D eigenvalue weighted by molar-refractivity contribution is 0.273. The predicted molar refractivity (Wildman–Crippen MR) is 69.0 cm³/mol. The van der Waals surface area contributed by atoms with E-state index in [1.807, 2.05) is 0 Å². The lowest BCUT2D eigenvalue weighted by atomic mass is 10.1. The van der Waals surface area contributed by atoms with E-state index >= 15 is 0 Å². The van der Waals surface area contributed by atoms with Crippen LogP contribution in [0, 0.1) is 0 Å². The fourth-order valence-corrected chi connectivity index (χ4v) is 2.06. The third kappa shape index (κ3) is 16.0. The molecule has 0 aliphatic heterocycles. The van der Waals surface area contributed by atoms with Crippen LogP contribution in [-0.2, 0) is 9.09 Å². The van der Waals surface area contributed by atoms with E-state index in [1.165, 1.54) is 38.5 Å². The third-order valence-electron chi connectivity index (χ3n) is 2.75. The van der Waals surface area contributed by atoms with Crippen molar-refractivity contribution in [3.63, 3.8) is 0 Å². The van der Waals surface area contributed by atoms with Gasteiger partial charge in [0.25, 0.3) is 0 Å². The summed E-state index contributed by atoms with van der Waals surface area (Å²) in [6.45, 7) is 0.717. The molecule has 1 atom stereocenters. The summed E-state index contributed by atoms with van der Waals surface area (Å²) in [5.74, 6) is 0. The molecule has 0 aromatic carbocycles. The number of hydrogen-bond donors (Lipinski definition) is 2. The van der Waals surface area contributed by atoms with E-state index in [0.717, 1.165) is 25.7 Å². The van der Waals surface area contributed by atoms with Crippen LogP contribution in [0.5, 0.6) is 0 Å². The molecule has 0 aromatic rings. The maximum Gasteiger partial charge on any atom is 0.694 e. The Morgan fingerprint density at radius 2 is 1.18 bits per heavy atom. The largest absolute Gasteiger partial charge is 0.694 e. The van der Waals surface area contributed by atoms with Crippen LogP contribution in [0.15, 0.2) is 0 Å². The summed E-state index contributed by atoms with van der Waals surface area (Å²) in [4.78, 5) is 8.39. The Morgan fingerprint density at radius 3 is 1.59 bits per heavy atom. The molecule has 2 N–H and O–H groups in total. The molecule has 0 amide bonds. The molecule has 0 bridgehead atoms. The van der Waals surface area contributed by atoms with Crippen molar-refractivity contribution < 1.29 is 19.1 Å². The van der Waals surface area contributed by atoms with Crippen molar-refractivity contribution in [1.82, 2.24) is 0 Å².